The lowest BCUT2D eigenvalue weighted by atomic mass is 9.72. The zero-order chi connectivity index (χ0) is 22.7. The molecule has 5 N–H and O–H groups in total. The van der Waals surface area contributed by atoms with Crippen LogP contribution in [0, 0.1) is 17.7 Å². The minimum atomic E-state index is -0.344. The average Bonchev–Trinajstić information content (AvgIpc) is 3.36. The molecule has 170 valence electrons. The molecule has 0 amide bonds. The summed E-state index contributed by atoms with van der Waals surface area (Å²) in [6, 6.07) is 3.27. The number of aromatic nitrogens is 5. The van der Waals surface area contributed by atoms with Gasteiger partial charge in [0, 0.05) is 31.6 Å². The largest absolute Gasteiger partial charge is 0.421 e. The van der Waals surface area contributed by atoms with Crippen LogP contribution in [0.3, 0.4) is 0 Å². The van der Waals surface area contributed by atoms with Crippen molar-refractivity contribution in [3.63, 3.8) is 0 Å². The van der Waals surface area contributed by atoms with Crippen LogP contribution in [0.25, 0.3) is 21.9 Å². The van der Waals surface area contributed by atoms with Gasteiger partial charge in [-0.2, -0.15) is 9.97 Å². The predicted molar refractivity (Wildman–Crippen MR) is 121 cm³/mol. The smallest absolute Gasteiger partial charge is 0.326 e. The first-order valence-electron chi connectivity index (χ1n) is 10.8. The third kappa shape index (κ3) is 3.23. The van der Waals surface area contributed by atoms with Crippen molar-refractivity contribution in [2.45, 2.75) is 19.1 Å². The van der Waals surface area contributed by atoms with Gasteiger partial charge < -0.3 is 30.8 Å². The van der Waals surface area contributed by atoms with E-state index in [1.165, 1.54) is 24.5 Å². The fourth-order valence-corrected chi connectivity index (χ4v) is 5.01. The number of ether oxygens (including phenoxy) is 1. The lowest BCUT2D eigenvalue weighted by molar-refractivity contribution is 0.194. The summed E-state index contributed by atoms with van der Waals surface area (Å²) in [4.78, 5) is 22.9. The van der Waals surface area contributed by atoms with E-state index in [0.29, 0.717) is 45.9 Å². The standard InChI is InChI=1S/C22H23FN8O2/c1-25-16-4-11(23)3-13-18-20(28-19(13)16)29-22(33-12-5-26-17(9-32)27-6-12)30-21(18)31-7-10-2-15(24)14(10)8-31/h3-6,10,14-15,25,32H,2,7-9,24H2,1H3,(H,28,29,30). The van der Waals surface area contributed by atoms with Crippen molar-refractivity contribution in [3.8, 4) is 11.8 Å². The number of benzene rings is 1. The molecule has 3 aromatic heterocycles. The number of aliphatic hydroxyl groups excluding tert-OH is 1. The topological polar surface area (TPSA) is 138 Å². The van der Waals surface area contributed by atoms with Gasteiger partial charge in [-0.3, -0.25) is 0 Å². The van der Waals surface area contributed by atoms with Crippen LogP contribution in [0.2, 0.25) is 0 Å². The molecule has 2 fully saturated rings. The van der Waals surface area contributed by atoms with E-state index in [2.05, 4.69) is 30.2 Å². The maximum atomic E-state index is 14.4. The van der Waals surface area contributed by atoms with Gasteiger partial charge in [0.15, 0.2) is 11.6 Å². The van der Waals surface area contributed by atoms with E-state index in [9.17, 15) is 4.39 Å². The second kappa shape index (κ2) is 7.49. The molecule has 0 bridgehead atoms. The zero-order valence-corrected chi connectivity index (χ0v) is 17.9. The quantitative estimate of drug-likeness (QED) is 0.360. The van der Waals surface area contributed by atoms with E-state index in [-0.39, 0.29) is 24.5 Å². The third-order valence-corrected chi connectivity index (χ3v) is 6.70. The molecule has 1 saturated heterocycles. The average molecular weight is 450 g/mol. The first kappa shape index (κ1) is 20.1. The molecule has 1 saturated carbocycles. The second-order valence-electron chi connectivity index (χ2n) is 8.63. The number of anilines is 2. The van der Waals surface area contributed by atoms with Crippen LogP contribution in [0.4, 0.5) is 15.9 Å². The highest BCUT2D eigenvalue weighted by Crippen LogP contribution is 2.44. The summed E-state index contributed by atoms with van der Waals surface area (Å²) >= 11 is 0. The molecule has 33 heavy (non-hydrogen) atoms. The molecule has 11 heteroatoms. The Morgan fingerprint density at radius 1 is 1.27 bits per heavy atom. The van der Waals surface area contributed by atoms with Gasteiger partial charge in [0.2, 0.25) is 0 Å². The summed E-state index contributed by atoms with van der Waals surface area (Å²) in [5, 5.41) is 13.6. The number of H-pyrrole nitrogens is 1. The molecule has 6 rings (SSSR count). The lowest BCUT2D eigenvalue weighted by Gasteiger charge is -2.36. The Kier molecular flexibility index (Phi) is 4.56. The molecule has 10 nitrogen and oxygen atoms in total. The fraction of sp³-hybridized carbons (Fsp3) is 0.364. The number of hydrogen-bond acceptors (Lipinski definition) is 9. The summed E-state index contributed by atoms with van der Waals surface area (Å²) in [5.74, 6) is 1.93. The summed E-state index contributed by atoms with van der Waals surface area (Å²) in [6.07, 6.45) is 3.92. The second-order valence-corrected chi connectivity index (χ2v) is 8.63. The van der Waals surface area contributed by atoms with Crippen LogP contribution in [0.5, 0.6) is 11.8 Å². The van der Waals surface area contributed by atoms with Crippen LogP contribution >= 0.6 is 0 Å². The van der Waals surface area contributed by atoms with E-state index in [1.54, 1.807) is 7.05 Å². The minimum absolute atomic E-state index is 0.124. The molecular weight excluding hydrogens is 427 g/mol. The van der Waals surface area contributed by atoms with Crippen molar-refractivity contribution >= 4 is 33.4 Å². The highest BCUT2D eigenvalue weighted by molar-refractivity contribution is 6.14. The molecule has 4 aromatic rings. The Balaban J connectivity index is 1.50. The number of halogens is 1. The predicted octanol–water partition coefficient (Wildman–Crippen LogP) is 2.15. The van der Waals surface area contributed by atoms with Crippen molar-refractivity contribution in [2.75, 3.05) is 30.4 Å². The van der Waals surface area contributed by atoms with Crippen molar-refractivity contribution in [2.24, 2.45) is 17.6 Å². The van der Waals surface area contributed by atoms with Gasteiger partial charge in [0.1, 0.15) is 23.9 Å². The fourth-order valence-electron chi connectivity index (χ4n) is 5.01. The van der Waals surface area contributed by atoms with Crippen LogP contribution in [-0.2, 0) is 6.61 Å². The number of fused-ring (bicyclic) bond motifs is 4. The van der Waals surface area contributed by atoms with Gasteiger partial charge in [-0.05, 0) is 30.4 Å². The first-order chi connectivity index (χ1) is 16.0. The van der Waals surface area contributed by atoms with Crippen LogP contribution < -0.4 is 20.7 Å². The van der Waals surface area contributed by atoms with Crippen molar-refractivity contribution in [3.05, 3.63) is 36.2 Å². The number of nitrogens with zero attached hydrogens (tertiary/aromatic N) is 5. The maximum Gasteiger partial charge on any atom is 0.326 e. The first-order valence-corrected chi connectivity index (χ1v) is 10.8. The van der Waals surface area contributed by atoms with Gasteiger partial charge in [-0.15, -0.1) is 0 Å². The number of aromatic amines is 1. The van der Waals surface area contributed by atoms with Crippen LogP contribution in [-0.4, -0.2) is 56.2 Å². The Bertz CT molecular complexity index is 1360. The molecule has 4 heterocycles. The van der Waals surface area contributed by atoms with Crippen LogP contribution in [0.1, 0.15) is 12.2 Å². The molecule has 3 unspecified atom stereocenters. The number of rotatable bonds is 5. The SMILES string of the molecule is CNc1cc(F)cc2c1[nH]c1nc(Oc3cnc(CO)nc3)nc(N3CC4CC(N)C4C3)c12. The third-order valence-electron chi connectivity index (χ3n) is 6.70. The van der Waals surface area contributed by atoms with Gasteiger partial charge >= 0.3 is 6.01 Å². The van der Waals surface area contributed by atoms with Crippen molar-refractivity contribution < 1.29 is 14.2 Å². The molecule has 1 aliphatic heterocycles. The Morgan fingerprint density at radius 3 is 2.79 bits per heavy atom. The zero-order valence-electron chi connectivity index (χ0n) is 17.9. The number of nitrogens with one attached hydrogen (secondary N) is 2. The lowest BCUT2D eigenvalue weighted by Crippen LogP contribution is -2.46. The Hall–Kier alpha value is -3.57. The highest BCUT2D eigenvalue weighted by Gasteiger charge is 2.46. The van der Waals surface area contributed by atoms with E-state index >= 15 is 0 Å². The Morgan fingerprint density at radius 2 is 2.09 bits per heavy atom. The summed E-state index contributed by atoms with van der Waals surface area (Å²) in [7, 11) is 1.75. The van der Waals surface area contributed by atoms with Gasteiger partial charge in [-0.25, -0.2) is 14.4 Å². The van der Waals surface area contributed by atoms with Crippen molar-refractivity contribution in [1.82, 2.24) is 24.9 Å². The summed E-state index contributed by atoms with van der Waals surface area (Å²) in [6.45, 7) is 1.36. The van der Waals surface area contributed by atoms with E-state index in [0.717, 1.165) is 30.4 Å². The van der Waals surface area contributed by atoms with Gasteiger partial charge in [0.05, 0.1) is 29.0 Å². The number of nitrogens with two attached hydrogens (primary N) is 1. The van der Waals surface area contributed by atoms with E-state index < -0.39 is 0 Å². The van der Waals surface area contributed by atoms with Crippen LogP contribution in [0.15, 0.2) is 24.5 Å². The molecule has 0 spiro atoms. The number of hydrogen-bond donors (Lipinski definition) is 4. The van der Waals surface area contributed by atoms with E-state index in [4.69, 9.17) is 20.6 Å². The Labute approximate surface area is 188 Å². The summed E-state index contributed by atoms with van der Waals surface area (Å²) < 4.78 is 20.3. The number of aliphatic hydroxyl groups is 1. The minimum Gasteiger partial charge on any atom is -0.421 e. The molecule has 0 radical (unpaired) electrons. The molecule has 2 aliphatic rings. The van der Waals surface area contributed by atoms with Crippen molar-refractivity contribution in [1.29, 1.82) is 0 Å². The molecule has 3 atom stereocenters. The van der Waals surface area contributed by atoms with Gasteiger partial charge in [-0.1, -0.05) is 0 Å². The van der Waals surface area contributed by atoms with Gasteiger partial charge in [0.25, 0.3) is 0 Å². The molecular formula is C22H23FN8O2. The molecule has 1 aromatic carbocycles. The normalized spacial score (nSPS) is 21.9. The maximum absolute atomic E-state index is 14.4. The summed E-state index contributed by atoms with van der Waals surface area (Å²) in [5.41, 5.74) is 8.14. The highest BCUT2D eigenvalue weighted by atomic mass is 19.1. The van der Waals surface area contributed by atoms with E-state index in [1.807, 2.05) is 0 Å². The molecule has 1 aliphatic carbocycles. The monoisotopic (exact) mass is 450 g/mol.